The van der Waals surface area contributed by atoms with Gasteiger partial charge in [0.1, 0.15) is 21.9 Å². The fourth-order valence-corrected chi connectivity index (χ4v) is 6.15. The first-order valence-electron chi connectivity index (χ1n) is 13.6. The molecule has 1 aliphatic carbocycles. The Bertz CT molecular complexity index is 1920. The summed E-state index contributed by atoms with van der Waals surface area (Å²) in [4.78, 5) is 37.6. The van der Waals surface area contributed by atoms with Gasteiger partial charge in [0, 0.05) is 29.2 Å². The van der Waals surface area contributed by atoms with Gasteiger partial charge in [0.05, 0.1) is 21.6 Å². The highest BCUT2D eigenvalue weighted by Gasteiger charge is 2.28. The fourth-order valence-electron chi connectivity index (χ4n) is 4.95. The lowest BCUT2D eigenvalue weighted by molar-refractivity contribution is -0.384. The molecule has 0 aliphatic heterocycles. The van der Waals surface area contributed by atoms with E-state index in [0.29, 0.717) is 20.5 Å². The van der Waals surface area contributed by atoms with E-state index in [2.05, 4.69) is 0 Å². The number of phenolic OH excluding ortho intramolecular Hbond substituents is 1. The van der Waals surface area contributed by atoms with Crippen LogP contribution in [0.1, 0.15) is 61.6 Å². The maximum absolute atomic E-state index is 13.8. The molecular weight excluding hydrogens is 576 g/mol. The number of aryl methyl sites for hydroxylation is 1. The summed E-state index contributed by atoms with van der Waals surface area (Å²) < 4.78 is 8.33. The number of carbonyl (C=O) groups excluding carboxylic acids is 1. The highest BCUT2D eigenvalue weighted by molar-refractivity contribution is 7.07. The van der Waals surface area contributed by atoms with Crippen molar-refractivity contribution in [3.63, 3.8) is 0 Å². The topological polar surface area (TPSA) is 116 Å². The van der Waals surface area contributed by atoms with Crippen LogP contribution in [0.4, 0.5) is 5.69 Å². The zero-order valence-electron chi connectivity index (χ0n) is 24.0. The number of aromatic hydroxyl groups is 1. The molecule has 218 valence electrons. The van der Waals surface area contributed by atoms with Gasteiger partial charge in [0.15, 0.2) is 5.78 Å². The summed E-state index contributed by atoms with van der Waals surface area (Å²) in [5.74, 6) is 0.782. The fraction of sp³-hybridized carbons (Fsp3) is 0.312. The molecule has 0 radical (unpaired) electrons. The van der Waals surface area contributed by atoms with Crippen LogP contribution in [0.15, 0.2) is 45.6 Å². The van der Waals surface area contributed by atoms with E-state index in [-0.39, 0.29) is 57.0 Å². The summed E-state index contributed by atoms with van der Waals surface area (Å²) in [6.07, 6.45) is 4.81. The summed E-state index contributed by atoms with van der Waals surface area (Å²) >= 11 is 7.13. The first-order chi connectivity index (χ1) is 19.7. The predicted octanol–water partition coefficient (Wildman–Crippen LogP) is 5.99. The van der Waals surface area contributed by atoms with Gasteiger partial charge in [-0.15, -0.1) is 11.3 Å². The van der Waals surface area contributed by atoms with Gasteiger partial charge < -0.3 is 9.52 Å². The van der Waals surface area contributed by atoms with Gasteiger partial charge in [0.25, 0.3) is 11.2 Å². The van der Waals surface area contributed by atoms with E-state index < -0.39 is 4.92 Å². The lowest BCUT2D eigenvalue weighted by Crippen LogP contribution is -2.32. The van der Waals surface area contributed by atoms with E-state index in [9.17, 15) is 24.8 Å². The lowest BCUT2D eigenvalue weighted by atomic mass is 9.82. The maximum Gasteiger partial charge on any atom is 0.281 e. The van der Waals surface area contributed by atoms with Crippen LogP contribution in [-0.2, 0) is 16.8 Å². The number of halogens is 1. The third-order valence-electron chi connectivity index (χ3n) is 7.53. The largest absolute Gasteiger partial charge is 0.507 e. The predicted molar refractivity (Wildman–Crippen MR) is 165 cm³/mol. The monoisotopic (exact) mass is 606 g/mol. The summed E-state index contributed by atoms with van der Waals surface area (Å²) in [5.41, 5.74) is 2.80. The Balaban J connectivity index is 1.61. The molecule has 2 aromatic heterocycles. The first-order valence-corrected chi connectivity index (χ1v) is 14.8. The van der Waals surface area contributed by atoms with Gasteiger partial charge in [0.2, 0.25) is 0 Å². The standard InChI is InChI=1S/C32H31ClN2O6S/c1-17-12-24(32(3,4)5)30(37)18(2)23(17)16-34-29(15-26(36)19-6-7-19)42-28(31(34)38)14-21-9-11-27(41-21)22-10-8-20(33)13-25(22)35(39)40/h8-15,19,37H,6-7,16H2,1-5H3/b28-14-,29-15-. The second-order valence-corrected chi connectivity index (χ2v) is 13.2. The number of thiazole rings is 1. The molecule has 1 N–H and O–H groups in total. The smallest absolute Gasteiger partial charge is 0.281 e. The first kappa shape index (κ1) is 29.5. The van der Waals surface area contributed by atoms with Crippen LogP contribution >= 0.6 is 22.9 Å². The molecule has 4 aromatic rings. The Morgan fingerprint density at radius 1 is 1.21 bits per heavy atom. The van der Waals surface area contributed by atoms with Crippen molar-refractivity contribution in [1.29, 1.82) is 0 Å². The Kier molecular flexibility index (Phi) is 7.76. The molecule has 10 heteroatoms. The van der Waals surface area contributed by atoms with Crippen LogP contribution < -0.4 is 14.8 Å². The molecule has 42 heavy (non-hydrogen) atoms. The van der Waals surface area contributed by atoms with Crippen LogP contribution in [0, 0.1) is 29.9 Å². The summed E-state index contributed by atoms with van der Waals surface area (Å²) in [6.45, 7) is 10.1. The Morgan fingerprint density at radius 3 is 2.57 bits per heavy atom. The number of carbonyl (C=O) groups is 1. The minimum atomic E-state index is -0.528. The Labute approximate surface area is 251 Å². The molecule has 2 aromatic carbocycles. The maximum atomic E-state index is 13.8. The third kappa shape index (κ3) is 5.84. The van der Waals surface area contributed by atoms with Crippen LogP contribution in [-0.4, -0.2) is 20.4 Å². The molecule has 0 unspecified atom stereocenters. The second kappa shape index (κ2) is 11.0. The Morgan fingerprint density at radius 2 is 1.93 bits per heavy atom. The van der Waals surface area contributed by atoms with Crippen molar-refractivity contribution >= 4 is 46.6 Å². The van der Waals surface area contributed by atoms with Crippen LogP contribution in [0.5, 0.6) is 5.75 Å². The van der Waals surface area contributed by atoms with Gasteiger partial charge >= 0.3 is 0 Å². The number of hydrogen-bond donors (Lipinski definition) is 1. The van der Waals surface area contributed by atoms with Gasteiger partial charge in [-0.1, -0.05) is 38.4 Å². The van der Waals surface area contributed by atoms with Crippen molar-refractivity contribution in [2.45, 2.75) is 59.4 Å². The Hall–Kier alpha value is -3.95. The molecule has 0 saturated heterocycles. The van der Waals surface area contributed by atoms with E-state index in [1.165, 1.54) is 23.5 Å². The molecule has 1 aliphatic rings. The van der Waals surface area contributed by atoms with E-state index in [1.54, 1.807) is 34.9 Å². The summed E-state index contributed by atoms with van der Waals surface area (Å²) in [6, 6.07) is 9.51. The quantitative estimate of drug-likeness (QED) is 0.204. The van der Waals surface area contributed by atoms with Gasteiger partial charge in [-0.25, -0.2) is 0 Å². The molecule has 0 spiro atoms. The minimum absolute atomic E-state index is 0.00810. The normalized spacial score (nSPS) is 14.5. The lowest BCUT2D eigenvalue weighted by Gasteiger charge is -2.24. The van der Waals surface area contributed by atoms with Crippen molar-refractivity contribution in [3.8, 4) is 17.1 Å². The van der Waals surface area contributed by atoms with E-state index in [0.717, 1.165) is 29.5 Å². The van der Waals surface area contributed by atoms with Crippen molar-refractivity contribution in [1.82, 2.24) is 4.57 Å². The highest BCUT2D eigenvalue weighted by atomic mass is 35.5. The van der Waals surface area contributed by atoms with Crippen LogP contribution in [0.2, 0.25) is 5.02 Å². The number of ketones is 1. The van der Waals surface area contributed by atoms with Gasteiger partial charge in [-0.3, -0.25) is 24.3 Å². The second-order valence-electron chi connectivity index (χ2n) is 11.7. The zero-order valence-corrected chi connectivity index (χ0v) is 25.6. The SMILES string of the molecule is Cc1cc(C(C)(C)C)c(O)c(C)c1Cn1c(=O)/c(=C/c2ccc(-c3ccc(Cl)cc3[N+](=O)[O-])o2)s/c1=C\C(=O)C1CC1. The molecule has 8 nitrogen and oxygen atoms in total. The number of aromatic nitrogens is 1. The van der Waals surface area contributed by atoms with E-state index >= 15 is 0 Å². The number of benzene rings is 2. The molecule has 0 atom stereocenters. The van der Waals surface area contributed by atoms with Crippen molar-refractivity contribution in [2.75, 3.05) is 0 Å². The van der Waals surface area contributed by atoms with E-state index in [4.69, 9.17) is 16.0 Å². The number of rotatable bonds is 7. The molecule has 0 amide bonds. The number of nitro benzene ring substituents is 1. The third-order valence-corrected chi connectivity index (χ3v) is 8.82. The van der Waals surface area contributed by atoms with Crippen molar-refractivity contribution in [3.05, 3.63) is 99.1 Å². The van der Waals surface area contributed by atoms with Crippen molar-refractivity contribution in [2.24, 2.45) is 5.92 Å². The van der Waals surface area contributed by atoms with E-state index in [1.807, 2.05) is 40.7 Å². The van der Waals surface area contributed by atoms with Gasteiger partial charge in [-0.2, -0.15) is 0 Å². The highest BCUT2D eigenvalue weighted by Crippen LogP contribution is 2.37. The number of Topliss-reactive ketones (excluding diaryl/α,β-unsaturated/α-hetero) is 1. The van der Waals surface area contributed by atoms with Crippen molar-refractivity contribution < 1.29 is 19.2 Å². The number of furan rings is 1. The molecule has 2 heterocycles. The molecular formula is C32H31ClN2O6S. The van der Waals surface area contributed by atoms with Crippen LogP contribution in [0.3, 0.4) is 0 Å². The molecule has 1 saturated carbocycles. The minimum Gasteiger partial charge on any atom is -0.507 e. The molecule has 0 bridgehead atoms. The molecule has 5 rings (SSSR count). The number of phenols is 1. The summed E-state index contributed by atoms with van der Waals surface area (Å²) in [7, 11) is 0. The van der Waals surface area contributed by atoms with Gasteiger partial charge in [-0.05, 0) is 78.6 Å². The van der Waals surface area contributed by atoms with Crippen LogP contribution in [0.25, 0.3) is 23.5 Å². The molecule has 1 fully saturated rings. The number of hydrogen-bond acceptors (Lipinski definition) is 7. The number of nitrogens with zero attached hydrogens (tertiary/aromatic N) is 2. The average Bonchev–Trinajstić information content (AvgIpc) is 3.61. The average molecular weight is 607 g/mol. The number of nitro groups is 1. The summed E-state index contributed by atoms with van der Waals surface area (Å²) in [5, 5.41) is 22.8. The zero-order chi connectivity index (χ0) is 30.5.